The standard InChI is InChI=1S/C13H18O4/c1-10(8-15-2)17-13(14)12-6-4-11(5-7-12)9-16-3/h4-7,10H,8-9H2,1-3H3. The first kappa shape index (κ1) is 13.7. The van der Waals surface area contributed by atoms with Crippen molar-refractivity contribution in [2.45, 2.75) is 19.6 Å². The lowest BCUT2D eigenvalue weighted by atomic mass is 10.1. The first-order chi connectivity index (χ1) is 8.17. The van der Waals surface area contributed by atoms with Crippen molar-refractivity contribution >= 4 is 5.97 Å². The lowest BCUT2D eigenvalue weighted by Gasteiger charge is -2.12. The Bertz CT molecular complexity index is 345. The van der Waals surface area contributed by atoms with Crippen LogP contribution in [-0.2, 0) is 20.8 Å². The zero-order valence-electron chi connectivity index (χ0n) is 10.4. The summed E-state index contributed by atoms with van der Waals surface area (Å²) in [4.78, 5) is 11.7. The van der Waals surface area contributed by atoms with E-state index >= 15 is 0 Å². The Morgan fingerprint density at radius 1 is 1.18 bits per heavy atom. The average molecular weight is 238 g/mol. The number of rotatable bonds is 6. The Morgan fingerprint density at radius 2 is 1.82 bits per heavy atom. The highest BCUT2D eigenvalue weighted by Crippen LogP contribution is 2.08. The van der Waals surface area contributed by atoms with Crippen molar-refractivity contribution < 1.29 is 19.0 Å². The Morgan fingerprint density at radius 3 is 2.35 bits per heavy atom. The molecule has 17 heavy (non-hydrogen) atoms. The molecular weight excluding hydrogens is 220 g/mol. The van der Waals surface area contributed by atoms with Crippen molar-refractivity contribution in [3.05, 3.63) is 35.4 Å². The Hall–Kier alpha value is -1.39. The van der Waals surface area contributed by atoms with E-state index in [1.165, 1.54) is 0 Å². The fourth-order valence-electron chi connectivity index (χ4n) is 1.42. The summed E-state index contributed by atoms with van der Waals surface area (Å²) >= 11 is 0. The predicted octanol–water partition coefficient (Wildman–Crippen LogP) is 2.02. The van der Waals surface area contributed by atoms with Crippen molar-refractivity contribution in [3.63, 3.8) is 0 Å². The van der Waals surface area contributed by atoms with Gasteiger partial charge < -0.3 is 14.2 Å². The van der Waals surface area contributed by atoms with E-state index in [4.69, 9.17) is 14.2 Å². The second-order valence-corrected chi connectivity index (χ2v) is 3.80. The molecule has 1 aromatic rings. The van der Waals surface area contributed by atoms with E-state index in [1.54, 1.807) is 33.3 Å². The fraction of sp³-hybridized carbons (Fsp3) is 0.462. The summed E-state index contributed by atoms with van der Waals surface area (Å²) in [5.74, 6) is -0.335. The molecular formula is C13H18O4. The Kier molecular flexibility index (Phi) is 5.66. The van der Waals surface area contributed by atoms with Crippen molar-refractivity contribution in [3.8, 4) is 0 Å². The number of benzene rings is 1. The molecule has 1 unspecified atom stereocenters. The minimum absolute atomic E-state index is 0.244. The van der Waals surface area contributed by atoms with Gasteiger partial charge >= 0.3 is 5.97 Å². The van der Waals surface area contributed by atoms with Crippen LogP contribution < -0.4 is 0 Å². The van der Waals surface area contributed by atoms with E-state index in [1.807, 2.05) is 12.1 Å². The summed E-state index contributed by atoms with van der Waals surface area (Å²) in [5, 5.41) is 0. The van der Waals surface area contributed by atoms with Gasteiger partial charge in [0.2, 0.25) is 0 Å². The molecule has 0 amide bonds. The molecule has 0 radical (unpaired) electrons. The largest absolute Gasteiger partial charge is 0.457 e. The van der Waals surface area contributed by atoms with Crippen LogP contribution in [0.4, 0.5) is 0 Å². The zero-order chi connectivity index (χ0) is 12.7. The second-order valence-electron chi connectivity index (χ2n) is 3.80. The van der Waals surface area contributed by atoms with Crippen molar-refractivity contribution in [2.75, 3.05) is 20.8 Å². The highest BCUT2D eigenvalue weighted by Gasteiger charge is 2.11. The van der Waals surface area contributed by atoms with Crippen molar-refractivity contribution in [1.29, 1.82) is 0 Å². The third kappa shape index (κ3) is 4.54. The molecule has 0 aliphatic carbocycles. The van der Waals surface area contributed by atoms with Crippen LogP contribution in [0, 0.1) is 0 Å². The highest BCUT2D eigenvalue weighted by molar-refractivity contribution is 5.89. The SMILES string of the molecule is COCc1ccc(C(=O)OC(C)COC)cc1. The Labute approximate surface area is 101 Å². The molecule has 0 aromatic heterocycles. The first-order valence-electron chi connectivity index (χ1n) is 5.45. The lowest BCUT2D eigenvalue weighted by Crippen LogP contribution is -2.19. The summed E-state index contributed by atoms with van der Waals surface area (Å²) < 4.78 is 15.1. The summed E-state index contributed by atoms with van der Waals surface area (Å²) in [6.07, 6.45) is -0.244. The average Bonchev–Trinajstić information content (AvgIpc) is 2.30. The molecule has 0 N–H and O–H groups in total. The normalized spacial score (nSPS) is 12.2. The second kappa shape index (κ2) is 7.04. The maximum absolute atomic E-state index is 11.7. The highest BCUT2D eigenvalue weighted by atomic mass is 16.6. The third-order valence-electron chi connectivity index (χ3n) is 2.21. The topological polar surface area (TPSA) is 44.8 Å². The number of hydrogen-bond acceptors (Lipinski definition) is 4. The van der Waals surface area contributed by atoms with Crippen LogP contribution in [-0.4, -0.2) is 32.9 Å². The van der Waals surface area contributed by atoms with Gasteiger partial charge in [-0.3, -0.25) is 0 Å². The number of carbonyl (C=O) groups is 1. The number of ether oxygens (including phenoxy) is 3. The summed E-state index contributed by atoms with van der Waals surface area (Å²) in [6.45, 7) is 2.73. The van der Waals surface area contributed by atoms with Crippen molar-refractivity contribution in [2.24, 2.45) is 0 Å². The quantitative estimate of drug-likeness (QED) is 0.711. The van der Waals surface area contributed by atoms with Crippen LogP contribution >= 0.6 is 0 Å². The van der Waals surface area contributed by atoms with Crippen LogP contribution in [0.15, 0.2) is 24.3 Å². The molecule has 0 aliphatic heterocycles. The van der Waals surface area contributed by atoms with Gasteiger partial charge in [0.1, 0.15) is 6.10 Å². The molecule has 1 atom stereocenters. The van der Waals surface area contributed by atoms with Gasteiger partial charge in [-0.25, -0.2) is 4.79 Å². The zero-order valence-corrected chi connectivity index (χ0v) is 10.4. The number of hydrogen-bond donors (Lipinski definition) is 0. The van der Waals surface area contributed by atoms with Crippen LogP contribution in [0.2, 0.25) is 0 Å². The molecule has 0 saturated heterocycles. The molecule has 1 aromatic carbocycles. The molecule has 1 rings (SSSR count). The van der Waals surface area contributed by atoms with Crippen LogP contribution in [0.3, 0.4) is 0 Å². The van der Waals surface area contributed by atoms with Crippen molar-refractivity contribution in [1.82, 2.24) is 0 Å². The number of carbonyl (C=O) groups excluding carboxylic acids is 1. The minimum atomic E-state index is -0.335. The van der Waals surface area contributed by atoms with Crippen LogP contribution in [0.25, 0.3) is 0 Å². The van der Waals surface area contributed by atoms with Gasteiger partial charge in [0.05, 0.1) is 18.8 Å². The molecule has 0 heterocycles. The molecule has 4 heteroatoms. The van der Waals surface area contributed by atoms with Gasteiger partial charge in [0.15, 0.2) is 0 Å². The molecule has 0 aliphatic rings. The van der Waals surface area contributed by atoms with E-state index in [-0.39, 0.29) is 12.1 Å². The van der Waals surface area contributed by atoms with Gasteiger partial charge in [0.25, 0.3) is 0 Å². The monoisotopic (exact) mass is 238 g/mol. The fourth-order valence-corrected chi connectivity index (χ4v) is 1.42. The molecule has 0 fully saturated rings. The molecule has 0 saturated carbocycles. The number of methoxy groups -OCH3 is 2. The van der Waals surface area contributed by atoms with Gasteiger partial charge in [0, 0.05) is 14.2 Å². The van der Waals surface area contributed by atoms with Crippen LogP contribution in [0.5, 0.6) is 0 Å². The molecule has 4 nitrogen and oxygen atoms in total. The smallest absolute Gasteiger partial charge is 0.338 e. The van der Waals surface area contributed by atoms with E-state index in [2.05, 4.69) is 0 Å². The molecule has 0 spiro atoms. The maximum atomic E-state index is 11.7. The summed E-state index contributed by atoms with van der Waals surface area (Å²) in [7, 11) is 3.21. The van der Waals surface area contributed by atoms with Gasteiger partial charge in [-0.2, -0.15) is 0 Å². The molecule has 94 valence electrons. The number of esters is 1. The van der Waals surface area contributed by atoms with Gasteiger partial charge in [-0.1, -0.05) is 12.1 Å². The maximum Gasteiger partial charge on any atom is 0.338 e. The lowest BCUT2D eigenvalue weighted by molar-refractivity contribution is 0.0120. The Balaban J connectivity index is 2.57. The van der Waals surface area contributed by atoms with E-state index in [0.717, 1.165) is 5.56 Å². The van der Waals surface area contributed by atoms with E-state index in [0.29, 0.717) is 18.8 Å². The van der Waals surface area contributed by atoms with Gasteiger partial charge in [-0.05, 0) is 24.6 Å². The summed E-state index contributed by atoms with van der Waals surface area (Å²) in [6, 6.07) is 7.16. The van der Waals surface area contributed by atoms with E-state index in [9.17, 15) is 4.79 Å². The molecule has 0 bridgehead atoms. The van der Waals surface area contributed by atoms with Gasteiger partial charge in [-0.15, -0.1) is 0 Å². The summed E-state index contributed by atoms with van der Waals surface area (Å²) in [5.41, 5.74) is 1.56. The van der Waals surface area contributed by atoms with E-state index < -0.39 is 0 Å². The third-order valence-corrected chi connectivity index (χ3v) is 2.21. The minimum Gasteiger partial charge on any atom is -0.457 e. The van der Waals surface area contributed by atoms with Crippen LogP contribution in [0.1, 0.15) is 22.8 Å². The first-order valence-corrected chi connectivity index (χ1v) is 5.45. The predicted molar refractivity (Wildman–Crippen MR) is 63.9 cm³/mol.